The molecule has 0 atom stereocenters. The minimum absolute atomic E-state index is 0.0312. The van der Waals surface area contributed by atoms with Gasteiger partial charge in [-0.25, -0.2) is 24.9 Å². The third-order valence-corrected chi connectivity index (χ3v) is 5.32. The first-order chi connectivity index (χ1) is 15.9. The standard InChI is InChI=1S/C18H23F3N8O2S.C2H6/c19-18(20,21)13-7-6-12(14(17(24)28-29-25)15(13)32(26,30)31)10-2-4-11(5-3-10)16(23)27-9-1-8-22;1-2/h2-7,29H,1,8-9,22,25H2,(H2,23,27)(H2,24,28)(H2,26,30,31);1-2H3. The average molecular weight is 503 g/mol. The zero-order valence-electron chi connectivity index (χ0n) is 18.7. The van der Waals surface area contributed by atoms with Gasteiger partial charge in [-0.3, -0.25) is 4.99 Å². The second kappa shape index (κ2) is 12.3. The summed E-state index contributed by atoms with van der Waals surface area (Å²) in [5.74, 6) is 4.73. The van der Waals surface area contributed by atoms with Crippen molar-refractivity contribution < 1.29 is 21.6 Å². The van der Waals surface area contributed by atoms with Gasteiger partial charge in [-0.2, -0.15) is 13.2 Å². The fourth-order valence-electron chi connectivity index (χ4n) is 2.92. The van der Waals surface area contributed by atoms with Gasteiger partial charge in [-0.05, 0) is 30.2 Å². The van der Waals surface area contributed by atoms with Crippen LogP contribution in [0.4, 0.5) is 13.2 Å². The lowest BCUT2D eigenvalue weighted by molar-refractivity contribution is -0.139. The van der Waals surface area contributed by atoms with Crippen molar-refractivity contribution in [2.45, 2.75) is 31.3 Å². The molecule has 0 bridgehead atoms. The number of hydrazone groups is 1. The van der Waals surface area contributed by atoms with E-state index in [2.05, 4.69) is 10.1 Å². The number of rotatable bonds is 8. The van der Waals surface area contributed by atoms with Gasteiger partial charge in [0.1, 0.15) is 10.7 Å². The fraction of sp³-hybridized carbons (Fsp3) is 0.300. The van der Waals surface area contributed by atoms with Crippen molar-refractivity contribution in [1.82, 2.24) is 5.53 Å². The number of halogens is 3. The van der Waals surface area contributed by atoms with Gasteiger partial charge in [0.15, 0.2) is 5.84 Å². The molecule has 2 aromatic carbocycles. The van der Waals surface area contributed by atoms with Gasteiger partial charge in [-0.15, -0.1) is 5.10 Å². The SMILES string of the molecule is CC.NCCCN=C(N)c1ccc(-c2ccc(C(F)(F)F)c(S(N)(=O)=O)c2/C(N)=N/NN)cc1. The van der Waals surface area contributed by atoms with E-state index in [0.29, 0.717) is 36.7 Å². The number of hydrogen-bond donors (Lipinski definition) is 6. The van der Waals surface area contributed by atoms with Crippen LogP contribution in [0.3, 0.4) is 0 Å². The number of amidine groups is 2. The van der Waals surface area contributed by atoms with Crippen molar-refractivity contribution >= 4 is 21.7 Å². The topological polar surface area (TPSA) is 201 Å². The summed E-state index contributed by atoms with van der Waals surface area (Å²) in [6.07, 6.45) is -4.37. The van der Waals surface area contributed by atoms with E-state index in [4.69, 9.17) is 28.2 Å². The Morgan fingerprint density at radius 3 is 2.09 bits per heavy atom. The van der Waals surface area contributed by atoms with Crippen LogP contribution in [0, 0.1) is 0 Å². The molecule has 0 saturated heterocycles. The number of nitrogens with one attached hydrogen (secondary N) is 1. The Hall–Kier alpha value is -3.20. The van der Waals surface area contributed by atoms with E-state index >= 15 is 0 Å². The van der Waals surface area contributed by atoms with Crippen LogP contribution in [0.1, 0.15) is 37.0 Å². The highest BCUT2D eigenvalue weighted by Gasteiger charge is 2.39. The van der Waals surface area contributed by atoms with Gasteiger partial charge in [0.05, 0.1) is 5.56 Å². The maximum absolute atomic E-state index is 13.5. The molecule has 10 nitrogen and oxygen atoms in total. The molecule has 0 unspecified atom stereocenters. The van der Waals surface area contributed by atoms with Crippen LogP contribution in [-0.4, -0.2) is 33.2 Å². The highest BCUT2D eigenvalue weighted by molar-refractivity contribution is 7.89. The van der Waals surface area contributed by atoms with Crippen LogP contribution in [0.15, 0.2) is 51.4 Å². The molecule has 0 aliphatic carbocycles. The smallest absolute Gasteiger partial charge is 0.384 e. The summed E-state index contributed by atoms with van der Waals surface area (Å²) in [6, 6.07) is 7.86. The first-order valence-electron chi connectivity index (χ1n) is 10.1. The van der Waals surface area contributed by atoms with Crippen LogP contribution < -0.4 is 33.7 Å². The summed E-state index contributed by atoms with van der Waals surface area (Å²) in [4.78, 5) is 2.96. The molecule has 2 aromatic rings. The first-order valence-corrected chi connectivity index (χ1v) is 11.6. The molecule has 0 aliphatic rings. The average Bonchev–Trinajstić information content (AvgIpc) is 2.78. The fourth-order valence-corrected chi connectivity index (χ4v) is 3.91. The molecule has 0 fully saturated rings. The van der Waals surface area contributed by atoms with Gasteiger partial charge in [-0.1, -0.05) is 44.2 Å². The molecular weight excluding hydrogens is 473 g/mol. The molecule has 11 N–H and O–H groups in total. The quantitative estimate of drug-likeness (QED) is 0.102. The number of nitrogens with zero attached hydrogens (tertiary/aromatic N) is 2. The molecule has 188 valence electrons. The number of sulfonamides is 1. The van der Waals surface area contributed by atoms with Crippen molar-refractivity contribution in [2.75, 3.05) is 13.1 Å². The van der Waals surface area contributed by atoms with Gasteiger partial charge in [0, 0.05) is 17.7 Å². The Morgan fingerprint density at radius 1 is 1.03 bits per heavy atom. The van der Waals surface area contributed by atoms with E-state index in [1.54, 1.807) is 12.1 Å². The van der Waals surface area contributed by atoms with Crippen molar-refractivity contribution in [3.05, 3.63) is 53.1 Å². The van der Waals surface area contributed by atoms with Gasteiger partial charge in [0.25, 0.3) is 0 Å². The molecule has 0 saturated carbocycles. The van der Waals surface area contributed by atoms with Crippen molar-refractivity contribution in [3.8, 4) is 11.1 Å². The van der Waals surface area contributed by atoms with Gasteiger partial charge >= 0.3 is 6.18 Å². The summed E-state index contributed by atoms with van der Waals surface area (Å²) >= 11 is 0. The zero-order chi connectivity index (χ0) is 26.1. The van der Waals surface area contributed by atoms with E-state index in [-0.39, 0.29) is 11.4 Å². The Balaban J connectivity index is 0.00000281. The first kappa shape index (κ1) is 28.8. The van der Waals surface area contributed by atoms with Crippen LogP contribution >= 0.6 is 0 Å². The lowest BCUT2D eigenvalue weighted by Crippen LogP contribution is -2.29. The van der Waals surface area contributed by atoms with Crippen LogP contribution in [0.25, 0.3) is 11.1 Å². The van der Waals surface area contributed by atoms with Crippen molar-refractivity contribution in [1.29, 1.82) is 0 Å². The van der Waals surface area contributed by atoms with Crippen molar-refractivity contribution in [3.63, 3.8) is 0 Å². The number of alkyl halides is 3. The van der Waals surface area contributed by atoms with E-state index in [0.717, 1.165) is 6.07 Å². The molecule has 2 rings (SSSR count). The van der Waals surface area contributed by atoms with E-state index in [1.807, 2.05) is 19.4 Å². The van der Waals surface area contributed by atoms with Gasteiger partial charge < -0.3 is 17.2 Å². The normalized spacial score (nSPS) is 12.7. The highest BCUT2D eigenvalue weighted by Crippen LogP contribution is 2.39. The molecule has 14 heteroatoms. The molecule has 0 aromatic heterocycles. The number of primary sulfonamides is 1. The van der Waals surface area contributed by atoms with Crippen molar-refractivity contribution in [2.24, 2.45) is 38.3 Å². The molecule has 0 amide bonds. The molecule has 34 heavy (non-hydrogen) atoms. The van der Waals surface area contributed by atoms with Crippen LogP contribution in [0.5, 0.6) is 0 Å². The maximum atomic E-state index is 13.5. The molecular formula is C20H29F3N8O2S. The Kier molecular flexibility index (Phi) is 10.4. The van der Waals surface area contributed by atoms with E-state index < -0.39 is 38.1 Å². The summed E-state index contributed by atoms with van der Waals surface area (Å²) in [5, 5.41) is 8.58. The number of hydrazine groups is 1. The van der Waals surface area contributed by atoms with Crippen LogP contribution in [0.2, 0.25) is 0 Å². The Bertz CT molecular complexity index is 1130. The zero-order valence-corrected chi connectivity index (χ0v) is 19.5. The molecule has 0 aliphatic heterocycles. The summed E-state index contributed by atoms with van der Waals surface area (Å²) in [7, 11) is -4.87. The maximum Gasteiger partial charge on any atom is 0.417 e. The number of nitrogens with two attached hydrogens (primary N) is 5. The largest absolute Gasteiger partial charge is 0.417 e. The van der Waals surface area contributed by atoms with E-state index in [9.17, 15) is 21.6 Å². The predicted molar refractivity (Wildman–Crippen MR) is 127 cm³/mol. The number of hydrogen-bond acceptors (Lipinski definition) is 7. The second-order valence-corrected chi connectivity index (χ2v) is 8.02. The predicted octanol–water partition coefficient (Wildman–Crippen LogP) is 1.18. The third kappa shape index (κ3) is 7.15. The number of aliphatic imine (C=N–C) groups is 1. The summed E-state index contributed by atoms with van der Waals surface area (Å²) in [6.45, 7) is 4.89. The second-order valence-electron chi connectivity index (χ2n) is 6.52. The minimum atomic E-state index is -5.02. The Labute approximate surface area is 196 Å². The van der Waals surface area contributed by atoms with Gasteiger partial charge in [0.2, 0.25) is 10.0 Å². The number of benzene rings is 2. The summed E-state index contributed by atoms with van der Waals surface area (Å²) < 4.78 is 64.9. The molecule has 0 heterocycles. The minimum Gasteiger partial charge on any atom is -0.384 e. The van der Waals surface area contributed by atoms with Crippen LogP contribution in [-0.2, 0) is 16.2 Å². The summed E-state index contributed by atoms with van der Waals surface area (Å²) in [5.41, 5.74) is 17.8. The van der Waals surface area contributed by atoms with E-state index in [1.165, 1.54) is 12.1 Å². The molecule has 0 radical (unpaired) electrons. The highest BCUT2D eigenvalue weighted by atomic mass is 32.2. The monoisotopic (exact) mass is 502 g/mol. The lowest BCUT2D eigenvalue weighted by Gasteiger charge is -2.19. The lowest BCUT2D eigenvalue weighted by atomic mass is 9.95. The molecule has 0 spiro atoms. The Morgan fingerprint density at radius 2 is 1.62 bits per heavy atom. The third-order valence-electron chi connectivity index (χ3n) is 4.32.